The number of nitrogens with one attached hydrogen (secondary N) is 1. The van der Waals surface area contributed by atoms with Gasteiger partial charge in [-0.2, -0.15) is 0 Å². The highest BCUT2D eigenvalue weighted by Crippen LogP contribution is 2.38. The van der Waals surface area contributed by atoms with E-state index in [2.05, 4.69) is 22.9 Å². The molecule has 5 nitrogen and oxygen atoms in total. The first kappa shape index (κ1) is 22.5. The summed E-state index contributed by atoms with van der Waals surface area (Å²) in [6.45, 7) is 6.93. The van der Waals surface area contributed by atoms with Crippen LogP contribution in [-0.4, -0.2) is 16.6 Å². The standard InChI is InChI=1S/C28H31N3O2/c1-4-31-25-18-23(33-19(2)3)15-16-24(25)27(29)28(31)21-11-13-22(14-12-21)30-26(32)17-10-20-8-6-5-7-9-20/h5-9,11-16,18-19H,4,10,17,29H2,1-3H3,(H,30,32). The molecule has 5 heteroatoms. The number of nitrogen functional groups attached to an aromatic ring is 1. The second kappa shape index (κ2) is 9.82. The smallest absolute Gasteiger partial charge is 0.224 e. The van der Waals surface area contributed by atoms with Gasteiger partial charge in [0.05, 0.1) is 23.0 Å². The van der Waals surface area contributed by atoms with Crippen LogP contribution in [0.4, 0.5) is 11.4 Å². The van der Waals surface area contributed by atoms with Crippen LogP contribution in [0.2, 0.25) is 0 Å². The maximum atomic E-state index is 12.4. The van der Waals surface area contributed by atoms with Gasteiger partial charge >= 0.3 is 0 Å². The van der Waals surface area contributed by atoms with Crippen molar-refractivity contribution >= 4 is 28.2 Å². The Bertz CT molecular complexity index is 1240. The average Bonchev–Trinajstić information content (AvgIpc) is 3.09. The highest BCUT2D eigenvalue weighted by atomic mass is 16.5. The van der Waals surface area contributed by atoms with Crippen LogP contribution in [0.5, 0.6) is 5.75 Å². The summed E-state index contributed by atoms with van der Waals surface area (Å²) in [5.74, 6) is 0.844. The summed E-state index contributed by atoms with van der Waals surface area (Å²) < 4.78 is 8.10. The largest absolute Gasteiger partial charge is 0.491 e. The molecule has 170 valence electrons. The molecule has 3 aromatic carbocycles. The molecule has 33 heavy (non-hydrogen) atoms. The molecule has 4 rings (SSSR count). The molecule has 0 saturated heterocycles. The lowest BCUT2D eigenvalue weighted by atomic mass is 10.1. The van der Waals surface area contributed by atoms with Gasteiger partial charge in [-0.1, -0.05) is 42.5 Å². The zero-order valence-corrected chi connectivity index (χ0v) is 19.5. The zero-order valence-electron chi connectivity index (χ0n) is 19.5. The van der Waals surface area contributed by atoms with Crippen molar-refractivity contribution < 1.29 is 9.53 Å². The number of amides is 1. The van der Waals surface area contributed by atoms with Gasteiger partial charge in [-0.15, -0.1) is 0 Å². The van der Waals surface area contributed by atoms with Crippen molar-refractivity contribution in [3.63, 3.8) is 0 Å². The molecule has 0 fully saturated rings. The normalized spacial score (nSPS) is 11.2. The number of nitrogens with zero attached hydrogens (tertiary/aromatic N) is 1. The molecule has 0 spiro atoms. The number of nitrogens with two attached hydrogens (primary N) is 1. The monoisotopic (exact) mass is 441 g/mol. The predicted molar refractivity (Wildman–Crippen MR) is 137 cm³/mol. The number of hydrogen-bond acceptors (Lipinski definition) is 3. The summed E-state index contributed by atoms with van der Waals surface area (Å²) >= 11 is 0. The summed E-state index contributed by atoms with van der Waals surface area (Å²) in [6, 6.07) is 24.0. The fraction of sp³-hybridized carbons (Fsp3) is 0.250. The van der Waals surface area contributed by atoms with Crippen LogP contribution in [0.25, 0.3) is 22.2 Å². The van der Waals surface area contributed by atoms with Crippen molar-refractivity contribution in [3.05, 3.63) is 78.4 Å². The van der Waals surface area contributed by atoms with E-state index in [0.29, 0.717) is 6.42 Å². The van der Waals surface area contributed by atoms with Gasteiger partial charge in [-0.25, -0.2) is 0 Å². The Balaban J connectivity index is 1.53. The van der Waals surface area contributed by atoms with Crippen molar-refractivity contribution in [2.24, 2.45) is 0 Å². The first-order chi connectivity index (χ1) is 16.0. The summed E-state index contributed by atoms with van der Waals surface area (Å²) in [4.78, 5) is 12.4. The maximum Gasteiger partial charge on any atom is 0.224 e. The van der Waals surface area contributed by atoms with E-state index in [1.165, 1.54) is 0 Å². The van der Waals surface area contributed by atoms with Crippen LogP contribution >= 0.6 is 0 Å². The van der Waals surface area contributed by atoms with E-state index in [1.807, 2.05) is 80.6 Å². The Kier molecular flexibility index (Phi) is 6.68. The second-order valence-corrected chi connectivity index (χ2v) is 8.46. The molecule has 0 saturated carbocycles. The minimum Gasteiger partial charge on any atom is -0.491 e. The summed E-state index contributed by atoms with van der Waals surface area (Å²) in [5, 5.41) is 4.01. The van der Waals surface area contributed by atoms with Gasteiger partial charge in [0.25, 0.3) is 0 Å². The van der Waals surface area contributed by atoms with Crippen molar-refractivity contribution in [2.45, 2.75) is 46.3 Å². The molecule has 0 aliphatic heterocycles. The summed E-state index contributed by atoms with van der Waals surface area (Å²) in [6.07, 6.45) is 1.28. The number of carbonyl (C=O) groups is 1. The lowest BCUT2D eigenvalue weighted by Crippen LogP contribution is -2.12. The van der Waals surface area contributed by atoms with Crippen molar-refractivity contribution in [1.29, 1.82) is 0 Å². The summed E-state index contributed by atoms with van der Waals surface area (Å²) in [7, 11) is 0. The zero-order chi connectivity index (χ0) is 23.4. The molecule has 1 amide bonds. The highest BCUT2D eigenvalue weighted by molar-refractivity contribution is 6.01. The first-order valence-electron chi connectivity index (χ1n) is 11.5. The van der Waals surface area contributed by atoms with Crippen LogP contribution in [0.1, 0.15) is 32.8 Å². The van der Waals surface area contributed by atoms with Crippen LogP contribution in [0.15, 0.2) is 72.8 Å². The fourth-order valence-corrected chi connectivity index (χ4v) is 4.18. The Morgan fingerprint density at radius 1 is 1.03 bits per heavy atom. The number of carbonyl (C=O) groups excluding carboxylic acids is 1. The molecule has 1 heterocycles. The number of fused-ring (bicyclic) bond motifs is 1. The molecule has 0 atom stereocenters. The molecule has 0 unspecified atom stereocenters. The molecular weight excluding hydrogens is 410 g/mol. The van der Waals surface area contributed by atoms with Crippen LogP contribution in [0.3, 0.4) is 0 Å². The van der Waals surface area contributed by atoms with E-state index in [-0.39, 0.29) is 12.0 Å². The molecule has 0 radical (unpaired) electrons. The minimum atomic E-state index is 0.00599. The third kappa shape index (κ3) is 5.03. The number of anilines is 2. The van der Waals surface area contributed by atoms with Crippen molar-refractivity contribution in [3.8, 4) is 17.0 Å². The van der Waals surface area contributed by atoms with E-state index in [1.54, 1.807) is 0 Å². The van der Waals surface area contributed by atoms with Crippen LogP contribution in [0, 0.1) is 0 Å². The Hall–Kier alpha value is -3.73. The predicted octanol–water partition coefficient (Wildman–Crippen LogP) is 6.27. The highest BCUT2D eigenvalue weighted by Gasteiger charge is 2.17. The van der Waals surface area contributed by atoms with Gasteiger partial charge in [0.2, 0.25) is 5.91 Å². The summed E-state index contributed by atoms with van der Waals surface area (Å²) in [5.41, 5.74) is 12.3. The van der Waals surface area contributed by atoms with Gasteiger partial charge in [0.1, 0.15) is 5.75 Å². The van der Waals surface area contributed by atoms with E-state index in [0.717, 1.165) is 57.8 Å². The second-order valence-electron chi connectivity index (χ2n) is 8.46. The quantitative estimate of drug-likeness (QED) is 0.339. The van der Waals surface area contributed by atoms with E-state index in [9.17, 15) is 4.79 Å². The lowest BCUT2D eigenvalue weighted by Gasteiger charge is -2.12. The molecule has 1 aromatic heterocycles. The molecule has 0 aliphatic carbocycles. The number of aryl methyl sites for hydroxylation is 2. The SMILES string of the molecule is CCn1c(-c2ccc(NC(=O)CCc3ccccc3)cc2)c(N)c2ccc(OC(C)C)cc21. The van der Waals surface area contributed by atoms with E-state index < -0.39 is 0 Å². The molecular formula is C28H31N3O2. The van der Waals surface area contributed by atoms with E-state index in [4.69, 9.17) is 10.5 Å². The average molecular weight is 442 g/mol. The van der Waals surface area contributed by atoms with Crippen LogP contribution < -0.4 is 15.8 Å². The number of hydrogen-bond donors (Lipinski definition) is 2. The number of aromatic nitrogens is 1. The Morgan fingerprint density at radius 2 is 1.76 bits per heavy atom. The number of rotatable bonds is 8. The Labute approximate surface area is 195 Å². The molecule has 0 bridgehead atoms. The van der Waals surface area contributed by atoms with Gasteiger partial charge < -0.3 is 20.4 Å². The molecule has 0 aliphatic rings. The number of benzene rings is 3. The van der Waals surface area contributed by atoms with Crippen molar-refractivity contribution in [1.82, 2.24) is 4.57 Å². The van der Waals surface area contributed by atoms with E-state index >= 15 is 0 Å². The maximum absolute atomic E-state index is 12.4. The van der Waals surface area contributed by atoms with Gasteiger partial charge in [-0.05, 0) is 57.0 Å². The van der Waals surface area contributed by atoms with Gasteiger partial charge in [-0.3, -0.25) is 4.79 Å². The fourth-order valence-electron chi connectivity index (χ4n) is 4.18. The minimum absolute atomic E-state index is 0.00599. The Morgan fingerprint density at radius 3 is 2.42 bits per heavy atom. The van der Waals surface area contributed by atoms with Gasteiger partial charge in [0.15, 0.2) is 0 Å². The third-order valence-electron chi connectivity index (χ3n) is 5.69. The topological polar surface area (TPSA) is 69.3 Å². The molecule has 4 aromatic rings. The molecule has 3 N–H and O–H groups in total. The number of ether oxygens (including phenoxy) is 1. The third-order valence-corrected chi connectivity index (χ3v) is 5.69. The van der Waals surface area contributed by atoms with Gasteiger partial charge in [0, 0.05) is 35.7 Å². The van der Waals surface area contributed by atoms with Crippen LogP contribution in [-0.2, 0) is 17.8 Å². The lowest BCUT2D eigenvalue weighted by molar-refractivity contribution is -0.116. The first-order valence-corrected chi connectivity index (χ1v) is 11.5. The van der Waals surface area contributed by atoms with Crippen molar-refractivity contribution in [2.75, 3.05) is 11.1 Å².